The van der Waals surface area contributed by atoms with Gasteiger partial charge in [-0.05, 0) is 38.6 Å². The highest BCUT2D eigenvalue weighted by atomic mass is 16.3. The number of hydrogen-bond acceptors (Lipinski definition) is 3. The van der Waals surface area contributed by atoms with Crippen molar-refractivity contribution >= 4 is 5.91 Å². The molecule has 0 aliphatic heterocycles. The number of nitrogens with one attached hydrogen (secondary N) is 1. The van der Waals surface area contributed by atoms with Gasteiger partial charge in [0.25, 0.3) is 0 Å². The minimum atomic E-state index is -0.784. The van der Waals surface area contributed by atoms with E-state index in [9.17, 15) is 9.90 Å². The van der Waals surface area contributed by atoms with Crippen LogP contribution < -0.4 is 11.1 Å². The summed E-state index contributed by atoms with van der Waals surface area (Å²) < 4.78 is 0. The summed E-state index contributed by atoms with van der Waals surface area (Å²) in [7, 11) is 0. The Balaban J connectivity index is 3.72. The molecule has 0 aromatic heterocycles. The van der Waals surface area contributed by atoms with Crippen molar-refractivity contribution in [2.45, 2.75) is 58.5 Å². The van der Waals surface area contributed by atoms with Crippen molar-refractivity contribution in [2.75, 3.05) is 13.1 Å². The quantitative estimate of drug-likeness (QED) is 0.574. The second-order valence-corrected chi connectivity index (χ2v) is 5.24. The van der Waals surface area contributed by atoms with Crippen molar-refractivity contribution in [3.8, 4) is 0 Å². The maximum Gasteiger partial charge on any atom is 0.220 e. The highest BCUT2D eigenvalue weighted by Gasteiger charge is 2.19. The van der Waals surface area contributed by atoms with Crippen LogP contribution in [0.3, 0.4) is 0 Å². The Kier molecular flexibility index (Phi) is 8.17. The molecule has 0 aromatic rings. The summed E-state index contributed by atoms with van der Waals surface area (Å²) in [6.07, 6.45) is 3.95. The summed E-state index contributed by atoms with van der Waals surface area (Å²) >= 11 is 0. The fourth-order valence-electron chi connectivity index (χ4n) is 1.81. The van der Waals surface area contributed by atoms with Gasteiger partial charge in [-0.2, -0.15) is 0 Å². The summed E-state index contributed by atoms with van der Waals surface area (Å²) in [5.74, 6) is 0.507. The third-order valence-electron chi connectivity index (χ3n) is 2.98. The Morgan fingerprint density at radius 3 is 2.65 bits per heavy atom. The van der Waals surface area contributed by atoms with Gasteiger partial charge in [0.15, 0.2) is 0 Å². The van der Waals surface area contributed by atoms with Crippen LogP contribution in [-0.2, 0) is 4.79 Å². The largest absolute Gasteiger partial charge is 0.388 e. The van der Waals surface area contributed by atoms with Crippen LogP contribution in [0.4, 0.5) is 0 Å². The summed E-state index contributed by atoms with van der Waals surface area (Å²) in [4.78, 5) is 11.5. The van der Waals surface area contributed by atoms with Gasteiger partial charge in [-0.25, -0.2) is 0 Å². The summed E-state index contributed by atoms with van der Waals surface area (Å²) in [6, 6.07) is 0. The Hall–Kier alpha value is -0.610. The Labute approximate surface area is 105 Å². The van der Waals surface area contributed by atoms with E-state index in [2.05, 4.69) is 12.2 Å². The van der Waals surface area contributed by atoms with Gasteiger partial charge < -0.3 is 16.2 Å². The van der Waals surface area contributed by atoms with E-state index in [0.29, 0.717) is 31.8 Å². The summed E-state index contributed by atoms with van der Waals surface area (Å²) in [5.41, 5.74) is 4.67. The number of carbonyl (C=O) groups is 1. The van der Waals surface area contributed by atoms with Gasteiger partial charge in [0.05, 0.1) is 5.60 Å². The Bertz CT molecular complexity index is 217. The van der Waals surface area contributed by atoms with E-state index in [4.69, 9.17) is 5.73 Å². The molecule has 1 amide bonds. The van der Waals surface area contributed by atoms with Crippen LogP contribution in [-0.4, -0.2) is 29.7 Å². The fourth-order valence-corrected chi connectivity index (χ4v) is 1.81. The first kappa shape index (κ1) is 16.4. The molecule has 0 radical (unpaired) electrons. The molecule has 2 unspecified atom stereocenters. The second-order valence-electron chi connectivity index (χ2n) is 5.24. The number of nitrogens with two attached hydrogens (primary N) is 1. The zero-order valence-electron chi connectivity index (χ0n) is 11.5. The van der Waals surface area contributed by atoms with Crippen molar-refractivity contribution in [1.82, 2.24) is 5.32 Å². The van der Waals surface area contributed by atoms with Gasteiger partial charge in [-0.3, -0.25) is 4.79 Å². The first-order valence-corrected chi connectivity index (χ1v) is 6.60. The molecule has 0 aromatic carbocycles. The van der Waals surface area contributed by atoms with E-state index in [-0.39, 0.29) is 5.91 Å². The summed E-state index contributed by atoms with van der Waals surface area (Å²) in [5, 5.41) is 12.7. The molecule has 0 rings (SSSR count). The van der Waals surface area contributed by atoms with Crippen molar-refractivity contribution in [1.29, 1.82) is 0 Å². The minimum Gasteiger partial charge on any atom is -0.388 e. The zero-order chi connectivity index (χ0) is 13.3. The number of aliphatic hydroxyl groups is 1. The Morgan fingerprint density at radius 2 is 2.12 bits per heavy atom. The number of carbonyl (C=O) groups excluding carboxylic acids is 1. The molecule has 0 heterocycles. The van der Waals surface area contributed by atoms with Crippen molar-refractivity contribution in [3.05, 3.63) is 0 Å². The molecule has 0 aliphatic rings. The van der Waals surface area contributed by atoms with Crippen LogP contribution in [0.5, 0.6) is 0 Å². The van der Waals surface area contributed by atoms with Gasteiger partial charge >= 0.3 is 0 Å². The molecule has 4 nitrogen and oxygen atoms in total. The fraction of sp³-hybridized carbons (Fsp3) is 0.923. The van der Waals surface area contributed by atoms with Gasteiger partial charge in [0, 0.05) is 13.0 Å². The number of hydrogen-bond donors (Lipinski definition) is 3. The smallest absolute Gasteiger partial charge is 0.220 e. The van der Waals surface area contributed by atoms with Gasteiger partial charge in [-0.1, -0.05) is 20.3 Å². The maximum atomic E-state index is 11.5. The second kappa shape index (κ2) is 8.48. The van der Waals surface area contributed by atoms with Crippen LogP contribution in [0.15, 0.2) is 0 Å². The van der Waals surface area contributed by atoms with E-state index >= 15 is 0 Å². The molecular weight excluding hydrogens is 216 g/mol. The lowest BCUT2D eigenvalue weighted by Gasteiger charge is -2.23. The topological polar surface area (TPSA) is 75.3 Å². The summed E-state index contributed by atoms with van der Waals surface area (Å²) in [6.45, 7) is 6.89. The maximum absolute atomic E-state index is 11.5. The van der Waals surface area contributed by atoms with Crippen LogP contribution in [0, 0.1) is 5.92 Å². The molecule has 4 heteroatoms. The first-order valence-electron chi connectivity index (χ1n) is 6.60. The van der Waals surface area contributed by atoms with Crippen molar-refractivity contribution < 1.29 is 9.90 Å². The van der Waals surface area contributed by atoms with Crippen LogP contribution >= 0.6 is 0 Å². The molecule has 0 bridgehead atoms. The van der Waals surface area contributed by atoms with Crippen molar-refractivity contribution in [2.24, 2.45) is 11.7 Å². The molecule has 0 saturated heterocycles. The van der Waals surface area contributed by atoms with E-state index in [1.54, 1.807) is 6.92 Å². The van der Waals surface area contributed by atoms with Crippen molar-refractivity contribution in [3.63, 3.8) is 0 Å². The predicted octanol–water partition coefficient (Wildman–Crippen LogP) is 1.42. The average molecular weight is 244 g/mol. The highest BCUT2D eigenvalue weighted by Crippen LogP contribution is 2.11. The highest BCUT2D eigenvalue weighted by molar-refractivity contribution is 5.75. The van der Waals surface area contributed by atoms with E-state index in [1.807, 2.05) is 6.92 Å². The third-order valence-corrected chi connectivity index (χ3v) is 2.98. The molecule has 102 valence electrons. The molecule has 0 spiro atoms. The van der Waals surface area contributed by atoms with E-state index in [0.717, 1.165) is 19.3 Å². The lowest BCUT2D eigenvalue weighted by atomic mass is 10.00. The van der Waals surface area contributed by atoms with Crippen LogP contribution in [0.2, 0.25) is 0 Å². The lowest BCUT2D eigenvalue weighted by molar-refractivity contribution is -0.122. The molecule has 0 fully saturated rings. The van der Waals surface area contributed by atoms with Crippen LogP contribution in [0.1, 0.15) is 52.9 Å². The zero-order valence-corrected chi connectivity index (χ0v) is 11.5. The molecule has 2 atom stereocenters. The predicted molar refractivity (Wildman–Crippen MR) is 70.6 cm³/mol. The van der Waals surface area contributed by atoms with E-state index in [1.165, 1.54) is 0 Å². The lowest BCUT2D eigenvalue weighted by Crippen LogP contribution is -2.40. The Morgan fingerprint density at radius 1 is 1.47 bits per heavy atom. The minimum absolute atomic E-state index is 0.0187. The normalized spacial score (nSPS) is 16.3. The monoisotopic (exact) mass is 244 g/mol. The van der Waals surface area contributed by atoms with Gasteiger partial charge in [0.2, 0.25) is 5.91 Å². The first-order chi connectivity index (χ1) is 7.91. The SMILES string of the molecule is CCCC(C)(O)CNC(=O)CCC(C)CCN. The van der Waals surface area contributed by atoms with Gasteiger partial charge in [-0.15, -0.1) is 0 Å². The third kappa shape index (κ3) is 9.12. The number of amides is 1. The molecular formula is C13H28N2O2. The average Bonchev–Trinajstić information content (AvgIpc) is 2.24. The standard InChI is InChI=1S/C13H28N2O2/c1-4-8-13(3,17)10-15-12(16)6-5-11(2)7-9-14/h11,17H,4-10,14H2,1-3H3,(H,15,16). The van der Waals surface area contributed by atoms with Crippen LogP contribution in [0.25, 0.3) is 0 Å². The molecule has 0 saturated carbocycles. The van der Waals surface area contributed by atoms with Gasteiger partial charge in [0.1, 0.15) is 0 Å². The van der Waals surface area contributed by atoms with E-state index < -0.39 is 5.60 Å². The molecule has 0 aliphatic carbocycles. The number of rotatable bonds is 9. The molecule has 17 heavy (non-hydrogen) atoms. The molecule has 4 N–H and O–H groups in total.